The Kier molecular flexibility index (Phi) is 4.68. The maximum absolute atomic E-state index is 12.1. The van der Waals surface area contributed by atoms with Gasteiger partial charge >= 0.3 is 0 Å². The van der Waals surface area contributed by atoms with Crippen LogP contribution in [0.1, 0.15) is 11.1 Å². The van der Waals surface area contributed by atoms with Crippen molar-refractivity contribution in [2.24, 2.45) is 0 Å². The fraction of sp³-hybridized carbons (Fsp3) is 0.278. The van der Waals surface area contributed by atoms with Gasteiger partial charge in [-0.2, -0.15) is 0 Å². The Morgan fingerprint density at radius 3 is 2.59 bits per heavy atom. The normalized spacial score (nSPS) is 13.7. The van der Waals surface area contributed by atoms with Crippen LogP contribution in [0.15, 0.2) is 48.5 Å². The smallest absolute Gasteiger partial charge is 0.234 e. The van der Waals surface area contributed by atoms with Gasteiger partial charge in [0.25, 0.3) is 0 Å². The summed E-state index contributed by atoms with van der Waals surface area (Å²) in [7, 11) is 1.62. The molecular weight excluding hydrogens is 294 g/mol. The third-order valence-electron chi connectivity index (χ3n) is 3.82. The molecule has 22 heavy (non-hydrogen) atoms. The highest BCUT2D eigenvalue weighted by Gasteiger charge is 2.21. The van der Waals surface area contributed by atoms with Crippen LogP contribution in [0.2, 0.25) is 0 Å². The van der Waals surface area contributed by atoms with Crippen molar-refractivity contribution in [3.05, 3.63) is 59.7 Å². The molecule has 0 heterocycles. The Labute approximate surface area is 135 Å². The fourth-order valence-electron chi connectivity index (χ4n) is 2.73. The Morgan fingerprint density at radius 2 is 1.91 bits per heavy atom. The Hall–Kier alpha value is -1.94. The van der Waals surface area contributed by atoms with E-state index in [0.29, 0.717) is 11.0 Å². The van der Waals surface area contributed by atoms with Gasteiger partial charge in [0.05, 0.1) is 12.9 Å². The minimum absolute atomic E-state index is 0.0363. The highest BCUT2D eigenvalue weighted by molar-refractivity contribution is 8.00. The first-order valence-electron chi connectivity index (χ1n) is 7.37. The lowest BCUT2D eigenvalue weighted by Crippen LogP contribution is -2.16. The first-order chi connectivity index (χ1) is 10.7. The van der Waals surface area contributed by atoms with Gasteiger partial charge in [0.1, 0.15) is 5.75 Å². The molecule has 3 rings (SSSR count). The third kappa shape index (κ3) is 3.63. The molecule has 0 radical (unpaired) electrons. The fourth-order valence-corrected chi connectivity index (χ4v) is 3.78. The van der Waals surface area contributed by atoms with Gasteiger partial charge < -0.3 is 10.1 Å². The molecular formula is C18H19NO2S. The topological polar surface area (TPSA) is 38.3 Å². The lowest BCUT2D eigenvalue weighted by Gasteiger charge is -2.10. The monoisotopic (exact) mass is 313 g/mol. The second-order valence-electron chi connectivity index (χ2n) is 5.39. The van der Waals surface area contributed by atoms with E-state index in [1.165, 1.54) is 11.1 Å². The molecule has 1 N–H and O–H groups in total. The summed E-state index contributed by atoms with van der Waals surface area (Å²) in [6, 6.07) is 16.0. The van der Waals surface area contributed by atoms with Crippen LogP contribution >= 0.6 is 11.8 Å². The summed E-state index contributed by atoms with van der Waals surface area (Å²) in [5.41, 5.74) is 3.63. The van der Waals surface area contributed by atoms with Crippen LogP contribution in [0.5, 0.6) is 5.75 Å². The number of anilines is 1. The van der Waals surface area contributed by atoms with Crippen molar-refractivity contribution in [2.45, 2.75) is 18.1 Å². The third-order valence-corrected chi connectivity index (χ3v) is 5.05. The minimum Gasteiger partial charge on any atom is -0.497 e. The van der Waals surface area contributed by atoms with Crippen LogP contribution in [-0.2, 0) is 17.6 Å². The maximum Gasteiger partial charge on any atom is 0.234 e. The van der Waals surface area contributed by atoms with E-state index in [0.717, 1.165) is 24.3 Å². The summed E-state index contributed by atoms with van der Waals surface area (Å²) >= 11 is 1.73. The van der Waals surface area contributed by atoms with Crippen LogP contribution in [-0.4, -0.2) is 24.0 Å². The summed E-state index contributed by atoms with van der Waals surface area (Å²) in [5.74, 6) is 1.27. The molecule has 0 atom stereocenters. The molecule has 0 aliphatic heterocycles. The lowest BCUT2D eigenvalue weighted by atomic mass is 10.1. The second kappa shape index (κ2) is 6.88. The molecule has 2 aromatic carbocycles. The molecule has 0 unspecified atom stereocenters. The molecule has 0 saturated heterocycles. The van der Waals surface area contributed by atoms with E-state index < -0.39 is 0 Å². The maximum atomic E-state index is 12.1. The van der Waals surface area contributed by atoms with Gasteiger partial charge in [0.15, 0.2) is 0 Å². The molecule has 0 bridgehead atoms. The number of carbonyl (C=O) groups excluding carboxylic acids is 1. The predicted molar refractivity (Wildman–Crippen MR) is 91.7 cm³/mol. The molecule has 114 valence electrons. The highest BCUT2D eigenvalue weighted by atomic mass is 32.2. The zero-order valence-electron chi connectivity index (χ0n) is 12.5. The van der Waals surface area contributed by atoms with E-state index in [-0.39, 0.29) is 5.91 Å². The summed E-state index contributed by atoms with van der Waals surface area (Å²) in [6.45, 7) is 0. The summed E-state index contributed by atoms with van der Waals surface area (Å²) in [6.07, 6.45) is 2.13. The predicted octanol–water partition coefficient (Wildman–Crippen LogP) is 3.53. The van der Waals surface area contributed by atoms with Crippen LogP contribution in [0.4, 0.5) is 5.69 Å². The average molecular weight is 313 g/mol. The number of rotatable bonds is 5. The van der Waals surface area contributed by atoms with Gasteiger partial charge in [-0.05, 0) is 36.1 Å². The number of benzene rings is 2. The van der Waals surface area contributed by atoms with E-state index in [1.54, 1.807) is 18.9 Å². The number of hydrogen-bond acceptors (Lipinski definition) is 3. The van der Waals surface area contributed by atoms with Crippen molar-refractivity contribution in [1.29, 1.82) is 0 Å². The molecule has 0 saturated carbocycles. The van der Waals surface area contributed by atoms with Gasteiger partial charge in [0.2, 0.25) is 5.91 Å². The number of fused-ring (bicyclic) bond motifs is 1. The van der Waals surface area contributed by atoms with Crippen molar-refractivity contribution >= 4 is 23.4 Å². The van der Waals surface area contributed by atoms with Crippen LogP contribution in [0.3, 0.4) is 0 Å². The Morgan fingerprint density at radius 1 is 1.18 bits per heavy atom. The highest BCUT2D eigenvalue weighted by Crippen LogP contribution is 2.30. The molecule has 1 aliphatic carbocycles. The van der Waals surface area contributed by atoms with E-state index in [4.69, 9.17) is 4.74 Å². The van der Waals surface area contributed by atoms with Crippen LogP contribution < -0.4 is 10.1 Å². The zero-order valence-corrected chi connectivity index (χ0v) is 13.4. The molecule has 1 amide bonds. The zero-order chi connectivity index (χ0) is 15.4. The number of nitrogens with one attached hydrogen (secondary N) is 1. The van der Waals surface area contributed by atoms with Crippen molar-refractivity contribution in [2.75, 3.05) is 18.2 Å². The van der Waals surface area contributed by atoms with E-state index >= 15 is 0 Å². The van der Waals surface area contributed by atoms with Crippen molar-refractivity contribution in [3.63, 3.8) is 0 Å². The average Bonchev–Trinajstić information content (AvgIpc) is 2.96. The molecule has 2 aromatic rings. The quantitative estimate of drug-likeness (QED) is 0.917. The minimum atomic E-state index is 0.0363. The number of thioether (sulfide) groups is 1. The molecule has 3 nitrogen and oxygen atoms in total. The molecule has 4 heteroatoms. The van der Waals surface area contributed by atoms with E-state index in [1.807, 2.05) is 24.3 Å². The van der Waals surface area contributed by atoms with Gasteiger partial charge in [-0.1, -0.05) is 30.3 Å². The van der Waals surface area contributed by atoms with Crippen LogP contribution in [0.25, 0.3) is 0 Å². The number of methoxy groups -OCH3 is 1. The van der Waals surface area contributed by atoms with Crippen LogP contribution in [0, 0.1) is 0 Å². The molecule has 0 spiro atoms. The molecule has 0 fully saturated rings. The number of hydrogen-bond donors (Lipinski definition) is 1. The van der Waals surface area contributed by atoms with Gasteiger partial charge in [-0.3, -0.25) is 4.79 Å². The lowest BCUT2D eigenvalue weighted by molar-refractivity contribution is -0.113. The summed E-state index contributed by atoms with van der Waals surface area (Å²) in [4.78, 5) is 12.1. The Bertz CT molecular complexity index is 647. The first kappa shape index (κ1) is 15.0. The first-order valence-corrected chi connectivity index (χ1v) is 8.42. The molecule has 1 aliphatic rings. The van der Waals surface area contributed by atoms with Crippen molar-refractivity contribution < 1.29 is 9.53 Å². The second-order valence-corrected chi connectivity index (χ2v) is 6.68. The summed E-state index contributed by atoms with van der Waals surface area (Å²) < 4.78 is 5.16. The largest absolute Gasteiger partial charge is 0.497 e. The summed E-state index contributed by atoms with van der Waals surface area (Å²) in [5, 5.41) is 3.43. The number of ether oxygens (including phenoxy) is 1. The van der Waals surface area contributed by atoms with Gasteiger partial charge in [-0.25, -0.2) is 0 Å². The van der Waals surface area contributed by atoms with Crippen molar-refractivity contribution in [1.82, 2.24) is 0 Å². The van der Waals surface area contributed by atoms with Crippen molar-refractivity contribution in [3.8, 4) is 5.75 Å². The molecule has 0 aromatic heterocycles. The Balaban J connectivity index is 1.49. The number of carbonyl (C=O) groups is 1. The SMILES string of the molecule is COc1cccc(NC(=O)CSC2Cc3ccccc3C2)c1. The number of amides is 1. The van der Waals surface area contributed by atoms with Gasteiger partial charge in [0, 0.05) is 17.0 Å². The van der Waals surface area contributed by atoms with Gasteiger partial charge in [-0.15, -0.1) is 11.8 Å². The van der Waals surface area contributed by atoms with E-state index in [2.05, 4.69) is 29.6 Å². The standard InChI is InChI=1S/C18H19NO2S/c1-21-16-8-4-7-15(11-16)19-18(20)12-22-17-9-13-5-2-3-6-14(13)10-17/h2-8,11,17H,9-10,12H2,1H3,(H,19,20). The van der Waals surface area contributed by atoms with E-state index in [9.17, 15) is 4.79 Å².